The number of thiophene rings is 1. The van der Waals surface area contributed by atoms with Gasteiger partial charge in [0.05, 0.1) is 35.0 Å². The van der Waals surface area contributed by atoms with Crippen LogP contribution in [0.5, 0.6) is 5.75 Å². The average Bonchev–Trinajstić information content (AvgIpc) is 3.24. The molecule has 3 N–H and O–H groups in total. The third kappa shape index (κ3) is 4.86. The normalized spacial score (nSPS) is 14.8. The number of nitrogens with zero attached hydrogens (tertiary/aromatic N) is 2. The van der Waals surface area contributed by atoms with Crippen molar-refractivity contribution in [2.24, 2.45) is 11.7 Å². The Kier molecular flexibility index (Phi) is 7.03. The highest BCUT2D eigenvalue weighted by Crippen LogP contribution is 2.39. The van der Waals surface area contributed by atoms with Gasteiger partial charge in [0.25, 0.3) is 11.5 Å². The predicted molar refractivity (Wildman–Crippen MR) is 147 cm³/mol. The summed E-state index contributed by atoms with van der Waals surface area (Å²) in [6.45, 7) is 2.18. The molecule has 1 atom stereocenters. The minimum Gasteiger partial charge on any atom is -0.495 e. The molecule has 0 saturated heterocycles. The number of ether oxygens (including phenoxy) is 1. The van der Waals surface area contributed by atoms with E-state index in [2.05, 4.69) is 12.2 Å². The van der Waals surface area contributed by atoms with Crippen molar-refractivity contribution in [3.8, 4) is 11.4 Å². The number of rotatable bonds is 7. The number of amides is 2. The van der Waals surface area contributed by atoms with E-state index in [1.54, 1.807) is 30.3 Å². The molecule has 0 unspecified atom stereocenters. The lowest BCUT2D eigenvalue weighted by atomic mass is 9.88. The second-order valence-corrected chi connectivity index (χ2v) is 11.0. The van der Waals surface area contributed by atoms with E-state index in [0.717, 1.165) is 41.5 Å². The van der Waals surface area contributed by atoms with Crippen molar-refractivity contribution >= 4 is 50.8 Å². The first-order chi connectivity index (χ1) is 17.9. The Morgan fingerprint density at radius 2 is 1.97 bits per heavy atom. The molecule has 0 bridgehead atoms. The zero-order chi connectivity index (χ0) is 26.1. The van der Waals surface area contributed by atoms with Gasteiger partial charge in [0.15, 0.2) is 5.16 Å². The number of carbonyl (C=O) groups excluding carboxylic acids is 2. The number of nitrogens with one attached hydrogen (secondary N) is 1. The maximum Gasteiger partial charge on any atom is 0.266 e. The maximum absolute atomic E-state index is 13.5. The molecule has 8 nitrogen and oxygen atoms in total. The summed E-state index contributed by atoms with van der Waals surface area (Å²) in [5.41, 5.74) is 7.88. The molecule has 2 aromatic carbocycles. The summed E-state index contributed by atoms with van der Waals surface area (Å²) in [6, 6.07) is 14.3. The van der Waals surface area contributed by atoms with Crippen molar-refractivity contribution in [1.82, 2.24) is 9.55 Å². The molecule has 0 radical (unpaired) electrons. The van der Waals surface area contributed by atoms with Gasteiger partial charge >= 0.3 is 0 Å². The van der Waals surface area contributed by atoms with Crippen LogP contribution in [0.15, 0.2) is 58.5 Å². The molecule has 0 fully saturated rings. The van der Waals surface area contributed by atoms with E-state index in [4.69, 9.17) is 15.5 Å². The zero-order valence-corrected chi connectivity index (χ0v) is 22.1. The van der Waals surface area contributed by atoms with Gasteiger partial charge < -0.3 is 15.8 Å². The fourth-order valence-electron chi connectivity index (χ4n) is 4.63. The number of primary amides is 1. The predicted octanol–water partition coefficient (Wildman–Crippen LogP) is 4.41. The Morgan fingerprint density at radius 1 is 1.22 bits per heavy atom. The number of methoxy groups -OCH3 is 1. The summed E-state index contributed by atoms with van der Waals surface area (Å²) in [5.74, 6) is 0.176. The minimum absolute atomic E-state index is 0.0168. The van der Waals surface area contributed by atoms with Gasteiger partial charge in [-0.2, -0.15) is 0 Å². The van der Waals surface area contributed by atoms with Gasteiger partial charge in [-0.3, -0.25) is 19.0 Å². The van der Waals surface area contributed by atoms with Crippen molar-refractivity contribution < 1.29 is 14.3 Å². The van der Waals surface area contributed by atoms with Crippen LogP contribution in [0.2, 0.25) is 0 Å². The van der Waals surface area contributed by atoms with Crippen LogP contribution < -0.4 is 21.3 Å². The van der Waals surface area contributed by atoms with Crippen LogP contribution in [0, 0.1) is 5.92 Å². The molecule has 0 saturated carbocycles. The Bertz CT molecular complexity index is 1580. The molecule has 2 amide bonds. The summed E-state index contributed by atoms with van der Waals surface area (Å²) in [6.07, 6.45) is 2.64. The van der Waals surface area contributed by atoms with Crippen LogP contribution in [0.1, 0.15) is 34.1 Å². The van der Waals surface area contributed by atoms with Gasteiger partial charge in [0.2, 0.25) is 5.91 Å². The fraction of sp³-hybridized carbons (Fsp3) is 0.259. The van der Waals surface area contributed by atoms with Gasteiger partial charge in [-0.1, -0.05) is 43.0 Å². The van der Waals surface area contributed by atoms with Crippen molar-refractivity contribution in [3.63, 3.8) is 0 Å². The molecule has 1 aliphatic rings. The highest BCUT2D eigenvalue weighted by Gasteiger charge is 2.27. The van der Waals surface area contributed by atoms with Crippen molar-refractivity contribution in [2.45, 2.75) is 31.3 Å². The monoisotopic (exact) mass is 534 g/mol. The third-order valence-corrected chi connectivity index (χ3v) is 8.52. The Labute approximate surface area is 221 Å². The van der Waals surface area contributed by atoms with E-state index >= 15 is 0 Å². The van der Waals surface area contributed by atoms with Gasteiger partial charge in [-0.25, -0.2) is 4.98 Å². The number of hydrogen-bond acceptors (Lipinski definition) is 7. The van der Waals surface area contributed by atoms with Gasteiger partial charge in [-0.05, 0) is 55.0 Å². The number of thioether (sulfide) groups is 1. The molecule has 0 spiro atoms. The number of hydrogen-bond donors (Lipinski definition) is 2. The number of aromatic nitrogens is 2. The van der Waals surface area contributed by atoms with E-state index in [0.29, 0.717) is 44.0 Å². The summed E-state index contributed by atoms with van der Waals surface area (Å²) < 4.78 is 6.96. The number of benzene rings is 2. The first kappa shape index (κ1) is 25.0. The summed E-state index contributed by atoms with van der Waals surface area (Å²) in [5, 5.41) is 4.20. The average molecular weight is 535 g/mol. The number of nitrogens with two attached hydrogens (primary N) is 1. The second kappa shape index (κ2) is 10.4. The number of carbonyl (C=O) groups is 2. The topological polar surface area (TPSA) is 116 Å². The van der Waals surface area contributed by atoms with Gasteiger partial charge in [0.1, 0.15) is 10.8 Å². The van der Waals surface area contributed by atoms with Gasteiger partial charge in [0, 0.05) is 4.88 Å². The van der Waals surface area contributed by atoms with Gasteiger partial charge in [-0.15, -0.1) is 11.3 Å². The Hall–Kier alpha value is -3.63. The van der Waals surface area contributed by atoms with E-state index in [1.807, 2.05) is 18.2 Å². The summed E-state index contributed by atoms with van der Waals surface area (Å²) >= 11 is 2.56. The SMILES string of the molecule is COc1ccccc1-n1c(SCC(=O)Nc2sc3c(c2C(N)=O)CC[C@@H](C)C3)nc2ccccc2c1=O. The third-order valence-electron chi connectivity index (χ3n) is 6.41. The van der Waals surface area contributed by atoms with E-state index < -0.39 is 5.91 Å². The smallest absolute Gasteiger partial charge is 0.266 e. The lowest BCUT2D eigenvalue weighted by molar-refractivity contribution is -0.113. The molecule has 2 aromatic heterocycles. The zero-order valence-electron chi connectivity index (χ0n) is 20.4. The second-order valence-electron chi connectivity index (χ2n) is 8.98. The molecule has 37 heavy (non-hydrogen) atoms. The standard InChI is InChI=1S/C27H26N4O4S2/c1-15-11-12-17-21(13-15)37-25(23(17)24(28)33)30-22(32)14-36-27-29-18-8-4-3-7-16(18)26(34)31(27)19-9-5-6-10-20(19)35-2/h3-10,15H,11-14H2,1-2H3,(H2,28,33)(H,30,32)/t15-/m1/s1. The van der Waals surface area contributed by atoms with Crippen LogP contribution in [0.4, 0.5) is 5.00 Å². The number of anilines is 1. The first-order valence-corrected chi connectivity index (χ1v) is 13.7. The molecular formula is C27H26N4O4S2. The van der Waals surface area contributed by atoms with Crippen molar-refractivity contribution in [3.05, 3.63) is 74.9 Å². The molecule has 1 aliphatic carbocycles. The van der Waals surface area contributed by atoms with Crippen molar-refractivity contribution in [2.75, 3.05) is 18.2 Å². The van der Waals surface area contributed by atoms with Crippen LogP contribution in [-0.4, -0.2) is 34.2 Å². The van der Waals surface area contributed by atoms with E-state index in [1.165, 1.54) is 23.0 Å². The van der Waals surface area contributed by atoms with Crippen LogP contribution in [0.3, 0.4) is 0 Å². The molecule has 5 rings (SSSR count). The maximum atomic E-state index is 13.5. The lowest BCUT2D eigenvalue weighted by Gasteiger charge is -2.18. The molecule has 0 aliphatic heterocycles. The van der Waals surface area contributed by atoms with E-state index in [9.17, 15) is 14.4 Å². The molecule has 2 heterocycles. The quantitative estimate of drug-likeness (QED) is 0.268. The van der Waals surface area contributed by atoms with Crippen LogP contribution in [-0.2, 0) is 17.6 Å². The minimum atomic E-state index is -0.531. The van der Waals surface area contributed by atoms with Crippen molar-refractivity contribution in [1.29, 1.82) is 0 Å². The molecule has 190 valence electrons. The highest BCUT2D eigenvalue weighted by molar-refractivity contribution is 7.99. The van der Waals surface area contributed by atoms with Crippen LogP contribution in [0.25, 0.3) is 16.6 Å². The fourth-order valence-corrected chi connectivity index (χ4v) is 6.87. The molecular weight excluding hydrogens is 508 g/mol. The lowest BCUT2D eigenvalue weighted by Crippen LogP contribution is -2.23. The molecule has 10 heteroatoms. The largest absolute Gasteiger partial charge is 0.495 e. The number of fused-ring (bicyclic) bond motifs is 2. The van der Waals surface area contributed by atoms with E-state index in [-0.39, 0.29) is 17.2 Å². The summed E-state index contributed by atoms with van der Waals surface area (Å²) in [7, 11) is 1.54. The summed E-state index contributed by atoms with van der Waals surface area (Å²) in [4.78, 5) is 44.6. The van der Waals surface area contributed by atoms with Crippen LogP contribution >= 0.6 is 23.1 Å². The Balaban J connectivity index is 1.46. The Morgan fingerprint density at radius 3 is 2.76 bits per heavy atom. The highest BCUT2D eigenvalue weighted by atomic mass is 32.2. The molecule has 4 aromatic rings. The first-order valence-electron chi connectivity index (χ1n) is 11.9. The number of para-hydroxylation sites is 3.